The molecule has 0 aromatic heterocycles. The predicted molar refractivity (Wildman–Crippen MR) is 67.7 cm³/mol. The summed E-state index contributed by atoms with van der Waals surface area (Å²) in [7, 11) is 0. The lowest BCUT2D eigenvalue weighted by Crippen LogP contribution is -2.39. The van der Waals surface area contributed by atoms with Gasteiger partial charge in [-0.25, -0.2) is 0 Å². The molecule has 0 atom stereocenters. The van der Waals surface area contributed by atoms with E-state index in [0.717, 1.165) is 25.9 Å². The molecular formula is C11H22N2O2S. The van der Waals surface area contributed by atoms with Gasteiger partial charge in [-0.2, -0.15) is 0 Å². The van der Waals surface area contributed by atoms with E-state index in [0.29, 0.717) is 17.5 Å². The van der Waals surface area contributed by atoms with Gasteiger partial charge in [-0.05, 0) is 39.8 Å². The van der Waals surface area contributed by atoms with Gasteiger partial charge in [-0.1, -0.05) is 0 Å². The van der Waals surface area contributed by atoms with Gasteiger partial charge in [0, 0.05) is 11.8 Å². The lowest BCUT2D eigenvalue weighted by atomic mass is 10.1. The maximum absolute atomic E-state index is 11.5. The van der Waals surface area contributed by atoms with Gasteiger partial charge in [0.1, 0.15) is 0 Å². The maximum Gasteiger partial charge on any atom is 0.230 e. The number of hydrogen-bond donors (Lipinski definition) is 3. The van der Waals surface area contributed by atoms with E-state index in [9.17, 15) is 9.90 Å². The van der Waals surface area contributed by atoms with Gasteiger partial charge in [0.2, 0.25) is 5.91 Å². The van der Waals surface area contributed by atoms with Crippen LogP contribution in [0.15, 0.2) is 0 Å². The number of thioether (sulfide) groups is 1. The van der Waals surface area contributed by atoms with Crippen LogP contribution >= 0.6 is 11.8 Å². The average Bonchev–Trinajstić information content (AvgIpc) is 2.24. The van der Waals surface area contributed by atoms with Crippen molar-refractivity contribution in [2.45, 2.75) is 37.5 Å². The molecule has 94 valence electrons. The Morgan fingerprint density at radius 1 is 1.50 bits per heavy atom. The van der Waals surface area contributed by atoms with Gasteiger partial charge in [0.05, 0.1) is 11.4 Å². The van der Waals surface area contributed by atoms with Crippen LogP contribution in [-0.4, -0.2) is 47.3 Å². The highest BCUT2D eigenvalue weighted by molar-refractivity contribution is 8.00. The number of carbonyl (C=O) groups excluding carboxylic acids is 1. The Morgan fingerprint density at radius 2 is 2.12 bits per heavy atom. The van der Waals surface area contributed by atoms with Crippen molar-refractivity contribution in [2.24, 2.45) is 0 Å². The minimum absolute atomic E-state index is 0.0191. The highest BCUT2D eigenvalue weighted by Crippen LogP contribution is 2.19. The van der Waals surface area contributed by atoms with Crippen LogP contribution in [0, 0.1) is 0 Å². The summed E-state index contributed by atoms with van der Waals surface area (Å²) in [5.74, 6) is 0.520. The van der Waals surface area contributed by atoms with Crippen LogP contribution in [0.3, 0.4) is 0 Å². The average molecular weight is 246 g/mol. The van der Waals surface area contributed by atoms with Crippen LogP contribution in [0.4, 0.5) is 0 Å². The fraction of sp³-hybridized carbons (Fsp3) is 0.909. The highest BCUT2D eigenvalue weighted by Gasteiger charge is 2.17. The highest BCUT2D eigenvalue weighted by atomic mass is 32.2. The Labute approximate surface area is 102 Å². The van der Waals surface area contributed by atoms with Crippen molar-refractivity contribution >= 4 is 17.7 Å². The molecule has 1 aliphatic heterocycles. The van der Waals surface area contributed by atoms with E-state index in [-0.39, 0.29) is 5.91 Å². The molecule has 0 unspecified atom stereocenters. The lowest BCUT2D eigenvalue weighted by molar-refractivity contribution is -0.119. The number of rotatable bonds is 5. The molecule has 0 bridgehead atoms. The molecule has 0 aliphatic carbocycles. The van der Waals surface area contributed by atoms with E-state index in [2.05, 4.69) is 10.6 Å². The number of aliphatic hydroxyl groups is 1. The van der Waals surface area contributed by atoms with Gasteiger partial charge in [-0.3, -0.25) is 4.79 Å². The zero-order valence-electron chi connectivity index (χ0n) is 10.1. The molecule has 3 N–H and O–H groups in total. The Hall–Kier alpha value is -0.260. The number of piperidine rings is 1. The molecular weight excluding hydrogens is 224 g/mol. The second kappa shape index (κ2) is 6.47. The normalized spacial score (nSPS) is 18.4. The predicted octanol–water partition coefficient (Wildman–Crippen LogP) is 0.359. The summed E-state index contributed by atoms with van der Waals surface area (Å²) >= 11 is 1.72. The van der Waals surface area contributed by atoms with E-state index in [1.54, 1.807) is 25.6 Å². The van der Waals surface area contributed by atoms with Gasteiger partial charge < -0.3 is 15.7 Å². The Balaban J connectivity index is 2.09. The number of amides is 1. The third-order valence-electron chi connectivity index (χ3n) is 2.45. The standard InChI is InChI=1S/C11H22N2O2S/c1-11(2,15)8-13-10(14)7-16-9-3-5-12-6-4-9/h9,12,15H,3-8H2,1-2H3,(H,13,14). The molecule has 1 saturated heterocycles. The molecule has 1 amide bonds. The largest absolute Gasteiger partial charge is 0.389 e. The third kappa shape index (κ3) is 6.35. The zero-order chi connectivity index (χ0) is 12.0. The van der Waals surface area contributed by atoms with Crippen molar-refractivity contribution in [1.29, 1.82) is 0 Å². The summed E-state index contributed by atoms with van der Waals surface area (Å²) in [4.78, 5) is 11.5. The number of nitrogens with one attached hydrogen (secondary N) is 2. The van der Waals surface area contributed by atoms with Gasteiger partial charge >= 0.3 is 0 Å². The van der Waals surface area contributed by atoms with Crippen LogP contribution in [0.1, 0.15) is 26.7 Å². The van der Waals surface area contributed by atoms with Crippen molar-refractivity contribution in [2.75, 3.05) is 25.4 Å². The Bertz CT molecular complexity index is 223. The zero-order valence-corrected chi connectivity index (χ0v) is 10.9. The molecule has 0 radical (unpaired) electrons. The first-order valence-electron chi connectivity index (χ1n) is 5.79. The molecule has 0 saturated carbocycles. The number of carbonyl (C=O) groups is 1. The second-order valence-electron chi connectivity index (χ2n) is 4.85. The van der Waals surface area contributed by atoms with E-state index in [1.165, 1.54) is 0 Å². The van der Waals surface area contributed by atoms with Crippen molar-refractivity contribution < 1.29 is 9.90 Å². The minimum atomic E-state index is -0.824. The van der Waals surface area contributed by atoms with Crippen molar-refractivity contribution in [3.8, 4) is 0 Å². The molecule has 1 heterocycles. The van der Waals surface area contributed by atoms with Gasteiger partial charge in [-0.15, -0.1) is 11.8 Å². The summed E-state index contributed by atoms with van der Waals surface area (Å²) in [6.45, 7) is 5.81. The summed E-state index contributed by atoms with van der Waals surface area (Å²) in [6, 6.07) is 0. The third-order valence-corrected chi connectivity index (χ3v) is 3.83. The van der Waals surface area contributed by atoms with Gasteiger partial charge in [0.25, 0.3) is 0 Å². The molecule has 5 heteroatoms. The molecule has 16 heavy (non-hydrogen) atoms. The summed E-state index contributed by atoms with van der Waals surface area (Å²) in [5, 5.41) is 16.1. The van der Waals surface area contributed by atoms with Crippen LogP contribution in [0.5, 0.6) is 0 Å². The molecule has 1 fully saturated rings. The number of hydrogen-bond acceptors (Lipinski definition) is 4. The Morgan fingerprint density at radius 3 is 2.69 bits per heavy atom. The first-order valence-corrected chi connectivity index (χ1v) is 6.84. The van der Waals surface area contributed by atoms with Crippen molar-refractivity contribution in [1.82, 2.24) is 10.6 Å². The summed E-state index contributed by atoms with van der Waals surface area (Å²) < 4.78 is 0. The van der Waals surface area contributed by atoms with Crippen molar-refractivity contribution in [3.05, 3.63) is 0 Å². The fourth-order valence-corrected chi connectivity index (χ4v) is 2.58. The van der Waals surface area contributed by atoms with Crippen molar-refractivity contribution in [3.63, 3.8) is 0 Å². The topological polar surface area (TPSA) is 61.4 Å². The lowest BCUT2D eigenvalue weighted by Gasteiger charge is -2.22. The van der Waals surface area contributed by atoms with E-state index >= 15 is 0 Å². The van der Waals surface area contributed by atoms with Crippen LogP contribution < -0.4 is 10.6 Å². The fourth-order valence-electron chi connectivity index (χ4n) is 1.52. The first-order chi connectivity index (χ1) is 7.47. The monoisotopic (exact) mass is 246 g/mol. The van der Waals surface area contributed by atoms with E-state index < -0.39 is 5.60 Å². The summed E-state index contributed by atoms with van der Waals surface area (Å²) in [6.07, 6.45) is 2.28. The molecule has 0 aromatic rings. The maximum atomic E-state index is 11.5. The SMILES string of the molecule is CC(C)(O)CNC(=O)CSC1CCNCC1. The van der Waals surface area contributed by atoms with Crippen LogP contribution in [0.2, 0.25) is 0 Å². The van der Waals surface area contributed by atoms with E-state index in [1.807, 2.05) is 0 Å². The molecule has 0 aromatic carbocycles. The van der Waals surface area contributed by atoms with Gasteiger partial charge in [0.15, 0.2) is 0 Å². The van der Waals surface area contributed by atoms with E-state index in [4.69, 9.17) is 0 Å². The second-order valence-corrected chi connectivity index (χ2v) is 6.14. The first kappa shape index (κ1) is 13.8. The molecule has 1 aliphatic rings. The molecule has 4 nitrogen and oxygen atoms in total. The smallest absolute Gasteiger partial charge is 0.230 e. The Kier molecular flexibility index (Phi) is 5.58. The molecule has 1 rings (SSSR count). The van der Waals surface area contributed by atoms with Crippen LogP contribution in [0.25, 0.3) is 0 Å². The molecule has 0 spiro atoms. The van der Waals surface area contributed by atoms with Crippen LogP contribution in [-0.2, 0) is 4.79 Å². The summed E-state index contributed by atoms with van der Waals surface area (Å²) in [5.41, 5.74) is -0.824. The minimum Gasteiger partial charge on any atom is -0.389 e. The quantitative estimate of drug-likeness (QED) is 0.655.